The Bertz CT molecular complexity index is 1090. The predicted molar refractivity (Wildman–Crippen MR) is 122 cm³/mol. The smallest absolute Gasteiger partial charge is 0.256 e. The van der Waals surface area contributed by atoms with Gasteiger partial charge in [0.25, 0.3) is 5.56 Å². The molecule has 0 spiro atoms. The number of aromatic nitrogens is 2. The monoisotopic (exact) mass is 419 g/mol. The van der Waals surface area contributed by atoms with E-state index in [9.17, 15) is 4.79 Å². The minimum absolute atomic E-state index is 0.0331. The minimum Gasteiger partial charge on any atom is -0.496 e. The minimum atomic E-state index is -0.0331. The number of thioether (sulfide) groups is 1. The molecule has 1 N–H and O–H groups in total. The number of methoxy groups -OCH3 is 1. The number of nitrogens with zero attached hydrogens (tertiary/aromatic N) is 2. The zero-order valence-corrected chi connectivity index (χ0v) is 17.9. The van der Waals surface area contributed by atoms with Gasteiger partial charge in [-0.3, -0.25) is 9.69 Å². The third-order valence-electron chi connectivity index (χ3n) is 5.30. The number of fused-ring (bicyclic) bond motifs is 1. The van der Waals surface area contributed by atoms with E-state index in [0.717, 1.165) is 53.4 Å². The largest absolute Gasteiger partial charge is 0.496 e. The Morgan fingerprint density at radius 2 is 2.03 bits per heavy atom. The number of hydrogen-bond donors (Lipinski definition) is 1. The van der Waals surface area contributed by atoms with Crippen molar-refractivity contribution in [3.63, 3.8) is 0 Å². The average molecular weight is 420 g/mol. The van der Waals surface area contributed by atoms with Gasteiger partial charge < -0.3 is 9.72 Å². The van der Waals surface area contributed by atoms with E-state index in [1.807, 2.05) is 36.4 Å². The molecule has 6 heteroatoms. The Morgan fingerprint density at radius 3 is 2.80 bits per heavy atom. The van der Waals surface area contributed by atoms with Crippen molar-refractivity contribution in [2.45, 2.75) is 30.4 Å². The first-order valence-corrected chi connectivity index (χ1v) is 11.0. The first-order valence-electron chi connectivity index (χ1n) is 9.97. The van der Waals surface area contributed by atoms with Crippen LogP contribution in [-0.2, 0) is 25.3 Å². The summed E-state index contributed by atoms with van der Waals surface area (Å²) >= 11 is 1.56. The molecular formula is C24H25N3O2S. The number of para-hydroxylation sites is 1. The van der Waals surface area contributed by atoms with Crippen molar-refractivity contribution >= 4 is 17.8 Å². The summed E-state index contributed by atoms with van der Waals surface area (Å²) in [4.78, 5) is 22.7. The summed E-state index contributed by atoms with van der Waals surface area (Å²) in [6, 6.07) is 16.3. The molecule has 0 aliphatic carbocycles. The van der Waals surface area contributed by atoms with Crippen LogP contribution in [-0.4, -0.2) is 28.5 Å². The molecule has 154 valence electrons. The van der Waals surface area contributed by atoms with Crippen LogP contribution in [0.25, 0.3) is 6.08 Å². The van der Waals surface area contributed by atoms with Gasteiger partial charge in [-0.1, -0.05) is 66.9 Å². The van der Waals surface area contributed by atoms with Gasteiger partial charge in [0, 0.05) is 37.4 Å². The van der Waals surface area contributed by atoms with Gasteiger partial charge in [-0.2, -0.15) is 0 Å². The maximum absolute atomic E-state index is 12.7. The lowest BCUT2D eigenvalue weighted by atomic mass is 10.1. The lowest BCUT2D eigenvalue weighted by molar-refractivity contribution is 0.237. The second-order valence-electron chi connectivity index (χ2n) is 7.30. The number of aromatic amines is 1. The van der Waals surface area contributed by atoms with Gasteiger partial charge in [-0.25, -0.2) is 4.98 Å². The fourth-order valence-corrected chi connectivity index (χ4v) is 4.47. The Kier molecular flexibility index (Phi) is 6.35. The summed E-state index contributed by atoms with van der Waals surface area (Å²) in [6.07, 6.45) is 2.60. The number of ether oxygens (including phenoxy) is 1. The highest BCUT2D eigenvalue weighted by atomic mass is 32.2. The fraction of sp³-hybridized carbons (Fsp3) is 0.250. The molecule has 30 heavy (non-hydrogen) atoms. The topological polar surface area (TPSA) is 58.2 Å². The van der Waals surface area contributed by atoms with Crippen LogP contribution in [0.15, 0.2) is 65.1 Å². The molecule has 0 saturated heterocycles. The number of hydrogen-bond acceptors (Lipinski definition) is 5. The number of H-pyrrole nitrogens is 1. The van der Waals surface area contributed by atoms with Gasteiger partial charge in [0.05, 0.1) is 18.4 Å². The molecule has 3 aromatic rings. The van der Waals surface area contributed by atoms with Crippen LogP contribution in [0.2, 0.25) is 0 Å². The molecule has 0 amide bonds. The second-order valence-corrected chi connectivity index (χ2v) is 8.27. The molecule has 4 rings (SSSR count). The molecule has 0 bridgehead atoms. The zero-order chi connectivity index (χ0) is 20.9. The van der Waals surface area contributed by atoms with Gasteiger partial charge in [-0.05, 0) is 17.2 Å². The molecule has 0 unspecified atom stereocenters. The van der Waals surface area contributed by atoms with Gasteiger partial charge in [0.1, 0.15) is 5.75 Å². The van der Waals surface area contributed by atoms with E-state index in [-0.39, 0.29) is 5.56 Å². The quantitative estimate of drug-likeness (QED) is 0.458. The van der Waals surface area contributed by atoms with E-state index in [0.29, 0.717) is 11.7 Å². The van der Waals surface area contributed by atoms with Crippen LogP contribution < -0.4 is 10.3 Å². The van der Waals surface area contributed by atoms with Gasteiger partial charge >= 0.3 is 0 Å². The molecule has 0 atom stereocenters. The van der Waals surface area contributed by atoms with Crippen molar-refractivity contribution < 1.29 is 4.74 Å². The molecule has 5 nitrogen and oxygen atoms in total. The lowest BCUT2D eigenvalue weighted by Crippen LogP contribution is -2.35. The van der Waals surface area contributed by atoms with Crippen molar-refractivity contribution in [1.82, 2.24) is 14.9 Å². The van der Waals surface area contributed by atoms with Crippen LogP contribution in [0.5, 0.6) is 5.75 Å². The van der Waals surface area contributed by atoms with Crippen LogP contribution >= 0.6 is 11.8 Å². The molecule has 0 saturated carbocycles. The van der Waals surface area contributed by atoms with Gasteiger partial charge in [0.2, 0.25) is 0 Å². The van der Waals surface area contributed by atoms with Crippen LogP contribution in [0.4, 0.5) is 0 Å². The Morgan fingerprint density at radius 1 is 1.23 bits per heavy atom. The molecule has 1 aliphatic heterocycles. The predicted octanol–water partition coefficient (Wildman–Crippen LogP) is 4.27. The first kappa shape index (κ1) is 20.4. The number of nitrogens with one attached hydrogen (secondary N) is 1. The summed E-state index contributed by atoms with van der Waals surface area (Å²) in [5.41, 5.74) is 5.07. The van der Waals surface area contributed by atoms with Crippen LogP contribution in [0.1, 0.15) is 27.9 Å². The SMILES string of the molecule is C=Cc1ccc(CSc2nc3c(c(=O)[nH]2)CN(Cc2ccccc2OC)CC3)cc1. The first-order chi connectivity index (χ1) is 14.7. The van der Waals surface area contributed by atoms with Crippen LogP contribution in [0.3, 0.4) is 0 Å². The summed E-state index contributed by atoms with van der Waals surface area (Å²) in [7, 11) is 1.69. The maximum Gasteiger partial charge on any atom is 0.256 e. The Hall–Kier alpha value is -2.83. The normalized spacial score (nSPS) is 13.6. The molecule has 0 radical (unpaired) electrons. The standard InChI is InChI=1S/C24H25N3O2S/c1-3-17-8-10-18(11-9-17)16-30-24-25-21-12-13-27(15-20(21)23(28)26-24)14-19-6-4-5-7-22(19)29-2/h3-11H,1,12-16H2,2H3,(H,25,26,28). The molecule has 2 aromatic carbocycles. The highest BCUT2D eigenvalue weighted by Crippen LogP contribution is 2.24. The highest BCUT2D eigenvalue weighted by molar-refractivity contribution is 7.98. The van der Waals surface area contributed by atoms with Gasteiger partial charge in [-0.15, -0.1) is 0 Å². The summed E-state index contributed by atoms with van der Waals surface area (Å²) in [5, 5.41) is 0.685. The van der Waals surface area contributed by atoms with E-state index in [1.165, 1.54) is 5.56 Å². The summed E-state index contributed by atoms with van der Waals surface area (Å²) in [6.45, 7) is 6.00. The Balaban J connectivity index is 1.44. The fourth-order valence-electron chi connectivity index (χ4n) is 3.64. The molecule has 1 aliphatic rings. The van der Waals surface area contributed by atoms with Crippen molar-refractivity contribution in [3.8, 4) is 5.75 Å². The maximum atomic E-state index is 12.7. The average Bonchev–Trinajstić information content (AvgIpc) is 2.79. The van der Waals surface area contributed by atoms with E-state index in [2.05, 4.69) is 34.7 Å². The van der Waals surface area contributed by atoms with Crippen molar-refractivity contribution in [3.05, 3.63) is 93.4 Å². The molecular weight excluding hydrogens is 394 g/mol. The summed E-state index contributed by atoms with van der Waals surface area (Å²) < 4.78 is 5.46. The summed E-state index contributed by atoms with van der Waals surface area (Å²) in [5.74, 6) is 1.64. The lowest BCUT2D eigenvalue weighted by Gasteiger charge is -2.28. The molecule has 1 aromatic heterocycles. The van der Waals surface area contributed by atoms with Crippen LogP contribution in [0, 0.1) is 0 Å². The highest BCUT2D eigenvalue weighted by Gasteiger charge is 2.22. The molecule has 2 heterocycles. The van der Waals surface area contributed by atoms with E-state index in [1.54, 1.807) is 18.9 Å². The van der Waals surface area contributed by atoms with Crippen molar-refractivity contribution in [2.75, 3.05) is 13.7 Å². The van der Waals surface area contributed by atoms with E-state index in [4.69, 9.17) is 9.72 Å². The van der Waals surface area contributed by atoms with Gasteiger partial charge in [0.15, 0.2) is 5.16 Å². The number of rotatable bonds is 7. The third-order valence-corrected chi connectivity index (χ3v) is 6.25. The van der Waals surface area contributed by atoms with Crippen molar-refractivity contribution in [1.29, 1.82) is 0 Å². The molecule has 0 fully saturated rings. The number of benzene rings is 2. The Labute approximate surface area is 180 Å². The van der Waals surface area contributed by atoms with E-state index < -0.39 is 0 Å². The zero-order valence-electron chi connectivity index (χ0n) is 17.1. The van der Waals surface area contributed by atoms with E-state index >= 15 is 0 Å². The van der Waals surface area contributed by atoms with Crippen molar-refractivity contribution in [2.24, 2.45) is 0 Å². The second kappa shape index (κ2) is 9.32. The third kappa shape index (κ3) is 4.66.